The van der Waals surface area contributed by atoms with Gasteiger partial charge < -0.3 is 4.90 Å². The van der Waals surface area contributed by atoms with Crippen LogP contribution in [0.1, 0.15) is 5.56 Å². The number of nitro groups is 1. The summed E-state index contributed by atoms with van der Waals surface area (Å²) in [6.45, 7) is -0.0287. The molecule has 0 spiro atoms. The molecule has 0 N–H and O–H groups in total. The topological polar surface area (TPSA) is 101 Å². The summed E-state index contributed by atoms with van der Waals surface area (Å²) in [4.78, 5) is 25.4. The Morgan fingerprint density at radius 2 is 1.71 bits per heavy atom. The second kappa shape index (κ2) is 8.19. The van der Waals surface area contributed by atoms with Gasteiger partial charge in [0.1, 0.15) is 6.54 Å². The van der Waals surface area contributed by atoms with Crippen LogP contribution in [0.4, 0.5) is 17.1 Å². The normalized spacial score (nSPS) is 13.0. The molecule has 0 atom stereocenters. The molecule has 0 fully saturated rings. The van der Waals surface area contributed by atoms with Crippen molar-refractivity contribution in [1.29, 1.82) is 0 Å². The molecule has 31 heavy (non-hydrogen) atoms. The summed E-state index contributed by atoms with van der Waals surface area (Å²) in [5.74, 6) is -0.407. The van der Waals surface area contributed by atoms with Crippen LogP contribution in [0, 0.1) is 10.1 Å². The van der Waals surface area contributed by atoms with Crippen molar-refractivity contribution in [3.63, 3.8) is 0 Å². The quantitative estimate of drug-likeness (QED) is 0.435. The summed E-state index contributed by atoms with van der Waals surface area (Å²) >= 11 is 0. The first-order valence-electron chi connectivity index (χ1n) is 9.58. The number of para-hydroxylation sites is 1. The van der Waals surface area contributed by atoms with Gasteiger partial charge in [-0.2, -0.15) is 0 Å². The van der Waals surface area contributed by atoms with Gasteiger partial charge in [0.25, 0.3) is 15.7 Å². The molecular formula is C22H19N3O5S. The lowest BCUT2D eigenvalue weighted by Crippen LogP contribution is -2.42. The first-order valence-corrected chi connectivity index (χ1v) is 11.0. The number of benzene rings is 3. The van der Waals surface area contributed by atoms with E-state index in [1.54, 1.807) is 23.1 Å². The number of hydrogen-bond donors (Lipinski definition) is 0. The van der Waals surface area contributed by atoms with E-state index in [9.17, 15) is 23.3 Å². The van der Waals surface area contributed by atoms with Crippen LogP contribution in [0.25, 0.3) is 0 Å². The summed E-state index contributed by atoms with van der Waals surface area (Å²) in [7, 11) is -4.14. The Labute approximate surface area is 179 Å². The molecule has 0 saturated heterocycles. The molecule has 8 nitrogen and oxygen atoms in total. The van der Waals surface area contributed by atoms with Crippen molar-refractivity contribution in [2.75, 3.05) is 22.3 Å². The maximum absolute atomic E-state index is 13.4. The van der Waals surface area contributed by atoms with Gasteiger partial charge in [-0.3, -0.25) is 19.2 Å². The Bertz CT molecular complexity index is 1240. The van der Waals surface area contributed by atoms with Crippen molar-refractivity contribution in [3.8, 4) is 0 Å². The summed E-state index contributed by atoms with van der Waals surface area (Å²) in [5, 5.41) is 11.2. The Hall–Kier alpha value is -3.72. The molecule has 0 saturated carbocycles. The van der Waals surface area contributed by atoms with Crippen LogP contribution in [0.2, 0.25) is 0 Å². The third kappa shape index (κ3) is 3.99. The van der Waals surface area contributed by atoms with Crippen LogP contribution in [0.3, 0.4) is 0 Å². The van der Waals surface area contributed by atoms with Crippen LogP contribution in [0.15, 0.2) is 83.8 Å². The lowest BCUT2D eigenvalue weighted by atomic mass is 10.2. The van der Waals surface area contributed by atoms with Crippen molar-refractivity contribution in [3.05, 3.63) is 94.5 Å². The van der Waals surface area contributed by atoms with Crippen molar-refractivity contribution in [2.24, 2.45) is 0 Å². The number of nitro benzene ring substituents is 1. The minimum absolute atomic E-state index is 0.00358. The molecule has 0 radical (unpaired) electrons. The minimum Gasteiger partial charge on any atom is -0.310 e. The first-order chi connectivity index (χ1) is 14.9. The first kappa shape index (κ1) is 20.5. The van der Waals surface area contributed by atoms with Crippen molar-refractivity contribution < 1.29 is 18.1 Å². The SMILES string of the molecule is O=C(CN(c1cccc([N+](=O)[O-])c1)S(=O)(=O)c1ccccc1)N1CCc2ccccc21. The maximum atomic E-state index is 13.4. The zero-order valence-electron chi connectivity index (χ0n) is 16.4. The Morgan fingerprint density at radius 3 is 2.45 bits per heavy atom. The molecule has 1 amide bonds. The summed E-state index contributed by atoms with van der Waals surface area (Å²) in [6.07, 6.45) is 0.685. The highest BCUT2D eigenvalue weighted by molar-refractivity contribution is 7.92. The number of nitrogens with zero attached hydrogens (tertiary/aromatic N) is 3. The summed E-state index contributed by atoms with van der Waals surface area (Å²) in [6, 6.07) is 20.4. The molecule has 0 unspecified atom stereocenters. The van der Waals surface area contributed by atoms with Crippen LogP contribution in [0.5, 0.6) is 0 Å². The zero-order valence-corrected chi connectivity index (χ0v) is 17.2. The molecule has 4 rings (SSSR count). The predicted octanol–water partition coefficient (Wildman–Crippen LogP) is 3.38. The highest BCUT2D eigenvalue weighted by Gasteiger charge is 2.32. The second-order valence-electron chi connectivity index (χ2n) is 7.03. The second-order valence-corrected chi connectivity index (χ2v) is 8.89. The monoisotopic (exact) mass is 437 g/mol. The van der Waals surface area contributed by atoms with E-state index in [1.165, 1.54) is 30.3 Å². The van der Waals surface area contributed by atoms with Crippen LogP contribution < -0.4 is 9.21 Å². The molecular weight excluding hydrogens is 418 g/mol. The van der Waals surface area contributed by atoms with Gasteiger partial charge >= 0.3 is 0 Å². The largest absolute Gasteiger partial charge is 0.310 e. The zero-order chi connectivity index (χ0) is 22.0. The number of carbonyl (C=O) groups is 1. The van der Waals surface area contributed by atoms with E-state index in [-0.39, 0.29) is 16.3 Å². The van der Waals surface area contributed by atoms with E-state index in [1.807, 2.05) is 24.3 Å². The molecule has 0 aliphatic carbocycles. The average molecular weight is 437 g/mol. The van der Waals surface area contributed by atoms with E-state index in [0.29, 0.717) is 13.0 Å². The molecule has 9 heteroatoms. The minimum atomic E-state index is -4.14. The predicted molar refractivity (Wildman–Crippen MR) is 117 cm³/mol. The van der Waals surface area contributed by atoms with Crippen molar-refractivity contribution in [2.45, 2.75) is 11.3 Å². The number of hydrogen-bond acceptors (Lipinski definition) is 5. The van der Waals surface area contributed by atoms with E-state index >= 15 is 0 Å². The van der Waals surface area contributed by atoms with Gasteiger partial charge in [0, 0.05) is 24.4 Å². The fourth-order valence-corrected chi connectivity index (χ4v) is 5.03. The highest BCUT2D eigenvalue weighted by Crippen LogP contribution is 2.30. The van der Waals surface area contributed by atoms with Gasteiger partial charge in [-0.05, 0) is 36.2 Å². The third-order valence-corrected chi connectivity index (χ3v) is 6.91. The summed E-state index contributed by atoms with van der Waals surface area (Å²) in [5.41, 5.74) is 1.57. The molecule has 3 aromatic rings. The maximum Gasteiger partial charge on any atom is 0.271 e. The number of anilines is 2. The fraction of sp³-hybridized carbons (Fsp3) is 0.136. The number of rotatable bonds is 6. The third-order valence-electron chi connectivity index (χ3n) is 5.13. The number of carbonyl (C=O) groups excluding carboxylic acids is 1. The van der Waals surface area contributed by atoms with Crippen molar-refractivity contribution in [1.82, 2.24) is 0 Å². The van der Waals surface area contributed by atoms with E-state index in [4.69, 9.17) is 0 Å². The van der Waals surface area contributed by atoms with Gasteiger partial charge in [0.15, 0.2) is 0 Å². The van der Waals surface area contributed by atoms with Crippen LogP contribution >= 0.6 is 0 Å². The highest BCUT2D eigenvalue weighted by atomic mass is 32.2. The molecule has 1 aliphatic rings. The number of amides is 1. The van der Waals surface area contributed by atoms with Gasteiger partial charge in [-0.15, -0.1) is 0 Å². The number of sulfonamides is 1. The standard InChI is InChI=1S/C22H19N3O5S/c26-22(23-14-13-17-7-4-5-12-21(17)23)16-24(18-8-6-9-19(15-18)25(27)28)31(29,30)20-10-2-1-3-11-20/h1-12,15H,13-14,16H2. The lowest BCUT2D eigenvalue weighted by Gasteiger charge is -2.26. The number of non-ortho nitro benzene ring substituents is 1. The molecule has 0 bridgehead atoms. The number of fused-ring (bicyclic) bond motifs is 1. The van der Waals surface area contributed by atoms with Gasteiger partial charge in [-0.25, -0.2) is 8.42 Å². The average Bonchev–Trinajstić information content (AvgIpc) is 3.22. The summed E-state index contributed by atoms with van der Waals surface area (Å²) < 4.78 is 27.7. The van der Waals surface area contributed by atoms with Crippen LogP contribution in [-0.4, -0.2) is 32.3 Å². The van der Waals surface area contributed by atoms with Crippen molar-refractivity contribution >= 4 is 33.0 Å². The van der Waals surface area contributed by atoms with E-state index < -0.39 is 27.4 Å². The Kier molecular flexibility index (Phi) is 5.43. The van der Waals surface area contributed by atoms with Gasteiger partial charge in [-0.1, -0.05) is 42.5 Å². The molecule has 0 aromatic heterocycles. The Balaban J connectivity index is 1.74. The fourth-order valence-electron chi connectivity index (χ4n) is 3.60. The van der Waals surface area contributed by atoms with Gasteiger partial charge in [0.2, 0.25) is 5.91 Å². The molecule has 1 heterocycles. The Morgan fingerprint density at radius 1 is 1.00 bits per heavy atom. The molecule has 1 aliphatic heterocycles. The smallest absolute Gasteiger partial charge is 0.271 e. The molecule has 158 valence electrons. The van der Waals surface area contributed by atoms with E-state index in [0.717, 1.165) is 21.6 Å². The lowest BCUT2D eigenvalue weighted by molar-refractivity contribution is -0.384. The van der Waals surface area contributed by atoms with Gasteiger partial charge in [0.05, 0.1) is 15.5 Å². The van der Waals surface area contributed by atoms with Crippen LogP contribution in [-0.2, 0) is 21.2 Å². The molecule has 3 aromatic carbocycles. The van der Waals surface area contributed by atoms with E-state index in [2.05, 4.69) is 0 Å².